The summed E-state index contributed by atoms with van der Waals surface area (Å²) in [6, 6.07) is 11.1. The van der Waals surface area contributed by atoms with Crippen molar-refractivity contribution in [3.63, 3.8) is 0 Å². The van der Waals surface area contributed by atoms with E-state index in [1.165, 1.54) is 23.2 Å². The Kier molecular flexibility index (Phi) is 5.89. The number of carbonyl (C=O) groups is 1. The minimum atomic E-state index is -4.65. The van der Waals surface area contributed by atoms with Crippen LogP contribution in [0.15, 0.2) is 65.2 Å². The maximum Gasteiger partial charge on any atom is 0.416 e. The highest BCUT2D eigenvalue weighted by atomic mass is 32.2. The number of aryl methyl sites for hydroxylation is 1. The minimum Gasteiger partial charge on any atom is -0.382 e. The van der Waals surface area contributed by atoms with E-state index in [1.807, 2.05) is 0 Å². The summed E-state index contributed by atoms with van der Waals surface area (Å²) >= 11 is 0. The maximum absolute atomic E-state index is 13.4. The van der Waals surface area contributed by atoms with Gasteiger partial charge in [-0.25, -0.2) is 12.4 Å². The zero-order valence-electron chi connectivity index (χ0n) is 17.3. The molecule has 3 aromatic rings. The second-order valence-corrected chi connectivity index (χ2v) is 9.12. The summed E-state index contributed by atoms with van der Waals surface area (Å²) < 4.78 is 67.1. The van der Waals surface area contributed by atoms with Gasteiger partial charge in [0.15, 0.2) is 0 Å². The molecule has 0 bridgehead atoms. The van der Waals surface area contributed by atoms with Crippen molar-refractivity contribution in [1.82, 2.24) is 8.87 Å². The molecule has 0 amide bonds. The van der Waals surface area contributed by atoms with Crippen molar-refractivity contribution in [2.24, 2.45) is 0 Å². The molecule has 1 heterocycles. The molecule has 0 N–H and O–H groups in total. The molecule has 0 aliphatic rings. The molecule has 0 radical (unpaired) electrons. The third-order valence-corrected chi connectivity index (χ3v) is 6.37. The standard InChI is InChI=1S/C22H18F3N3O3S/c1-14-4-7-18(8-5-14)32(30,31)28-19-9-6-17(22(23,24)25)10-15(19)11-20(28)21(29)16(12-26)13-27(2)3/h4-11,13H,1-3H3/b16-13-. The van der Waals surface area contributed by atoms with Gasteiger partial charge in [-0.15, -0.1) is 0 Å². The number of carbonyl (C=O) groups excluding carboxylic acids is 1. The van der Waals surface area contributed by atoms with Crippen LogP contribution in [-0.4, -0.2) is 37.2 Å². The Morgan fingerprint density at radius 1 is 1.09 bits per heavy atom. The summed E-state index contributed by atoms with van der Waals surface area (Å²) in [6.07, 6.45) is -3.44. The average Bonchev–Trinajstić information content (AvgIpc) is 3.10. The summed E-state index contributed by atoms with van der Waals surface area (Å²) in [7, 11) is -1.23. The topological polar surface area (TPSA) is 83.2 Å². The number of allylic oxidation sites excluding steroid dienone is 1. The predicted molar refractivity (Wildman–Crippen MR) is 112 cm³/mol. The van der Waals surface area contributed by atoms with E-state index in [1.54, 1.807) is 39.2 Å². The molecule has 2 aromatic carbocycles. The van der Waals surface area contributed by atoms with E-state index in [-0.39, 0.29) is 21.4 Å². The number of hydrogen-bond acceptors (Lipinski definition) is 5. The smallest absolute Gasteiger partial charge is 0.382 e. The fraction of sp³-hybridized carbons (Fsp3) is 0.182. The molecule has 0 fully saturated rings. The Bertz CT molecular complexity index is 1380. The maximum atomic E-state index is 13.4. The Hall–Kier alpha value is -3.58. The van der Waals surface area contributed by atoms with Gasteiger partial charge in [0.25, 0.3) is 10.0 Å². The quantitative estimate of drug-likeness (QED) is 0.320. The zero-order chi connectivity index (χ0) is 23.8. The van der Waals surface area contributed by atoms with Crippen molar-refractivity contribution in [1.29, 1.82) is 5.26 Å². The molecule has 166 valence electrons. The van der Waals surface area contributed by atoms with E-state index in [0.717, 1.165) is 29.8 Å². The van der Waals surface area contributed by atoms with Crippen molar-refractivity contribution in [2.45, 2.75) is 18.0 Å². The van der Waals surface area contributed by atoms with Crippen LogP contribution in [0, 0.1) is 18.3 Å². The van der Waals surface area contributed by atoms with Gasteiger partial charge < -0.3 is 4.90 Å². The largest absolute Gasteiger partial charge is 0.416 e. The number of hydrogen-bond donors (Lipinski definition) is 0. The predicted octanol–water partition coefficient (Wildman–Crippen LogP) is 4.36. The number of ketones is 1. The van der Waals surface area contributed by atoms with Crippen LogP contribution in [0.5, 0.6) is 0 Å². The molecular formula is C22H18F3N3O3S. The van der Waals surface area contributed by atoms with Crippen LogP contribution >= 0.6 is 0 Å². The van der Waals surface area contributed by atoms with Gasteiger partial charge in [-0.1, -0.05) is 17.7 Å². The molecule has 6 nitrogen and oxygen atoms in total. The summed E-state index contributed by atoms with van der Waals surface area (Å²) in [5, 5.41) is 9.30. The van der Waals surface area contributed by atoms with E-state index in [4.69, 9.17) is 0 Å². The second kappa shape index (κ2) is 8.16. The van der Waals surface area contributed by atoms with Gasteiger partial charge in [0.05, 0.1) is 16.0 Å². The number of fused-ring (bicyclic) bond motifs is 1. The lowest BCUT2D eigenvalue weighted by atomic mass is 10.1. The molecule has 1 aromatic heterocycles. The van der Waals surface area contributed by atoms with Crippen LogP contribution in [0.4, 0.5) is 13.2 Å². The highest BCUT2D eigenvalue weighted by Crippen LogP contribution is 2.34. The highest BCUT2D eigenvalue weighted by molar-refractivity contribution is 7.90. The molecule has 3 rings (SSSR count). The van der Waals surface area contributed by atoms with Crippen molar-refractivity contribution in [3.05, 3.63) is 77.1 Å². The van der Waals surface area contributed by atoms with Gasteiger partial charge >= 0.3 is 6.18 Å². The third kappa shape index (κ3) is 4.24. The van der Waals surface area contributed by atoms with Gasteiger partial charge in [0, 0.05) is 25.7 Å². The number of Topliss-reactive ketones (excluding diaryl/α,β-unsaturated/α-hetero) is 1. The lowest BCUT2D eigenvalue weighted by molar-refractivity contribution is -0.137. The first-order chi connectivity index (χ1) is 14.9. The van der Waals surface area contributed by atoms with E-state index in [0.29, 0.717) is 3.97 Å². The van der Waals surface area contributed by atoms with Crippen molar-refractivity contribution >= 4 is 26.7 Å². The normalized spacial score (nSPS) is 12.6. The first kappa shape index (κ1) is 23.1. The van der Waals surface area contributed by atoms with Gasteiger partial charge in [-0.3, -0.25) is 4.79 Å². The molecule has 0 spiro atoms. The fourth-order valence-electron chi connectivity index (χ4n) is 3.13. The monoisotopic (exact) mass is 461 g/mol. The number of nitriles is 1. The van der Waals surface area contributed by atoms with E-state index in [2.05, 4.69) is 0 Å². The molecule has 0 saturated heterocycles. The van der Waals surface area contributed by atoms with Gasteiger partial charge in [0.1, 0.15) is 17.3 Å². The SMILES string of the molecule is Cc1ccc(S(=O)(=O)n2c(C(=O)/C(C#N)=C\N(C)C)cc3cc(C(F)(F)F)ccc32)cc1. The molecule has 32 heavy (non-hydrogen) atoms. The molecular weight excluding hydrogens is 443 g/mol. The zero-order valence-corrected chi connectivity index (χ0v) is 18.1. The van der Waals surface area contributed by atoms with Crippen molar-refractivity contribution < 1.29 is 26.4 Å². The van der Waals surface area contributed by atoms with Crippen LogP contribution in [0.25, 0.3) is 10.9 Å². The summed E-state index contributed by atoms with van der Waals surface area (Å²) in [4.78, 5) is 14.4. The second-order valence-electron chi connectivity index (χ2n) is 7.33. The van der Waals surface area contributed by atoms with Gasteiger partial charge in [-0.05, 0) is 43.3 Å². The summed E-state index contributed by atoms with van der Waals surface area (Å²) in [6.45, 7) is 1.76. The number of alkyl halides is 3. The van der Waals surface area contributed by atoms with E-state index in [9.17, 15) is 31.6 Å². The number of halogens is 3. The molecule has 10 heteroatoms. The van der Waals surface area contributed by atoms with Crippen molar-refractivity contribution in [3.8, 4) is 6.07 Å². The fourth-order valence-corrected chi connectivity index (χ4v) is 4.64. The minimum absolute atomic E-state index is 0.0963. The lowest BCUT2D eigenvalue weighted by Gasteiger charge is -2.13. The van der Waals surface area contributed by atoms with E-state index < -0.39 is 33.2 Å². The highest BCUT2D eigenvalue weighted by Gasteiger charge is 2.33. The lowest BCUT2D eigenvalue weighted by Crippen LogP contribution is -2.20. The van der Waals surface area contributed by atoms with Crippen LogP contribution in [0.2, 0.25) is 0 Å². The first-order valence-corrected chi connectivity index (χ1v) is 10.7. The van der Waals surface area contributed by atoms with Crippen molar-refractivity contribution in [2.75, 3.05) is 14.1 Å². The first-order valence-electron chi connectivity index (χ1n) is 9.24. The third-order valence-electron chi connectivity index (χ3n) is 4.63. The van der Waals surface area contributed by atoms with Crippen LogP contribution in [-0.2, 0) is 16.2 Å². The molecule has 0 atom stereocenters. The van der Waals surface area contributed by atoms with E-state index >= 15 is 0 Å². The number of rotatable bonds is 5. The summed E-state index contributed by atoms with van der Waals surface area (Å²) in [5.74, 6) is -0.929. The molecule has 0 unspecified atom stereocenters. The van der Waals surface area contributed by atoms with Gasteiger partial charge in [0.2, 0.25) is 5.78 Å². The summed E-state index contributed by atoms with van der Waals surface area (Å²) in [5.41, 5.74) is -1.10. The number of benzene rings is 2. The average molecular weight is 461 g/mol. The molecule has 0 saturated carbocycles. The number of nitrogens with zero attached hydrogens (tertiary/aromatic N) is 3. The Balaban J connectivity index is 2.36. The van der Waals surface area contributed by atoms with Crippen LogP contribution in [0.3, 0.4) is 0 Å². The van der Waals surface area contributed by atoms with Crippen LogP contribution < -0.4 is 0 Å². The number of aromatic nitrogens is 1. The van der Waals surface area contributed by atoms with Gasteiger partial charge in [-0.2, -0.15) is 18.4 Å². The Labute approximate surface area is 182 Å². The van der Waals surface area contributed by atoms with Crippen LogP contribution in [0.1, 0.15) is 21.6 Å². The Morgan fingerprint density at radius 3 is 2.25 bits per heavy atom. The molecule has 0 aliphatic carbocycles. The Morgan fingerprint density at radius 2 is 1.72 bits per heavy atom. The molecule has 0 aliphatic heterocycles.